The fourth-order valence-corrected chi connectivity index (χ4v) is 2.29. The predicted octanol–water partition coefficient (Wildman–Crippen LogP) is 3.79. The van der Waals surface area contributed by atoms with Crippen LogP contribution in [-0.2, 0) is 6.54 Å². The maximum atomic E-state index is 6.27. The Labute approximate surface area is 121 Å². The topological polar surface area (TPSA) is 28.2 Å². The van der Waals surface area contributed by atoms with E-state index >= 15 is 0 Å². The summed E-state index contributed by atoms with van der Waals surface area (Å²) in [4.78, 5) is 7.08. The molecule has 1 aromatic heterocycles. The van der Waals surface area contributed by atoms with E-state index in [0.717, 1.165) is 48.5 Å². The molecule has 1 aromatic rings. The lowest BCUT2D eigenvalue weighted by atomic mass is 10.3. The largest absolute Gasteiger partial charge is 0.370 e. The first-order valence-corrected chi connectivity index (χ1v) is 7.72. The number of halogens is 1. The van der Waals surface area contributed by atoms with Gasteiger partial charge in [-0.25, -0.2) is 4.98 Å². The summed E-state index contributed by atoms with van der Waals surface area (Å²) in [5, 5.41) is 4.09. The van der Waals surface area contributed by atoms with Crippen molar-refractivity contribution < 1.29 is 0 Å². The molecule has 0 saturated heterocycles. The smallest absolute Gasteiger partial charge is 0.126 e. The van der Waals surface area contributed by atoms with Gasteiger partial charge in [-0.3, -0.25) is 4.90 Å². The van der Waals surface area contributed by atoms with Gasteiger partial charge in [0.2, 0.25) is 0 Å². The molecule has 0 amide bonds. The van der Waals surface area contributed by atoms with Crippen molar-refractivity contribution in [1.82, 2.24) is 9.88 Å². The van der Waals surface area contributed by atoms with E-state index in [1.165, 1.54) is 19.4 Å². The molecule has 1 aliphatic carbocycles. The zero-order valence-electron chi connectivity index (χ0n) is 12.0. The normalized spacial score (nSPS) is 14.9. The molecular formula is C15H24ClN3. The first-order valence-electron chi connectivity index (χ1n) is 7.34. The van der Waals surface area contributed by atoms with E-state index in [9.17, 15) is 0 Å². The standard InChI is InChI=1S/C15H24ClN3/c1-3-9-17-15-8-7-13(16)14(18-15)11-19(4-2)10-12-5-6-12/h7-8,12H,3-6,9-11H2,1-2H3,(H,17,18). The molecule has 19 heavy (non-hydrogen) atoms. The zero-order valence-corrected chi connectivity index (χ0v) is 12.7. The van der Waals surface area contributed by atoms with E-state index in [1.807, 2.05) is 12.1 Å². The first kappa shape index (κ1) is 14.6. The van der Waals surface area contributed by atoms with Gasteiger partial charge in [0.1, 0.15) is 5.82 Å². The number of pyridine rings is 1. The lowest BCUT2D eigenvalue weighted by Crippen LogP contribution is -2.26. The second-order valence-electron chi connectivity index (χ2n) is 5.32. The third-order valence-corrected chi connectivity index (χ3v) is 3.85. The van der Waals surface area contributed by atoms with E-state index in [0.29, 0.717) is 0 Å². The van der Waals surface area contributed by atoms with Crippen molar-refractivity contribution in [3.63, 3.8) is 0 Å². The fraction of sp³-hybridized carbons (Fsp3) is 0.667. The van der Waals surface area contributed by atoms with Crippen LogP contribution in [0.25, 0.3) is 0 Å². The van der Waals surface area contributed by atoms with Crippen LogP contribution >= 0.6 is 11.6 Å². The Morgan fingerprint density at radius 2 is 2.16 bits per heavy atom. The van der Waals surface area contributed by atoms with Gasteiger partial charge in [0.15, 0.2) is 0 Å². The zero-order chi connectivity index (χ0) is 13.7. The van der Waals surface area contributed by atoms with Crippen LogP contribution in [0.15, 0.2) is 12.1 Å². The van der Waals surface area contributed by atoms with Crippen LogP contribution in [0.3, 0.4) is 0 Å². The van der Waals surface area contributed by atoms with E-state index in [2.05, 4.69) is 29.0 Å². The molecule has 1 heterocycles. The molecule has 1 aliphatic rings. The molecular weight excluding hydrogens is 258 g/mol. The Bertz CT molecular complexity index is 404. The van der Waals surface area contributed by atoms with Crippen molar-refractivity contribution in [3.8, 4) is 0 Å². The minimum atomic E-state index is 0.774. The summed E-state index contributed by atoms with van der Waals surface area (Å²) in [6.07, 6.45) is 3.87. The Balaban J connectivity index is 1.99. The lowest BCUT2D eigenvalue weighted by Gasteiger charge is -2.20. The van der Waals surface area contributed by atoms with Gasteiger partial charge in [-0.1, -0.05) is 25.4 Å². The summed E-state index contributed by atoms with van der Waals surface area (Å²) in [6.45, 7) is 8.40. The Morgan fingerprint density at radius 1 is 1.37 bits per heavy atom. The summed E-state index contributed by atoms with van der Waals surface area (Å²) in [5.74, 6) is 1.84. The van der Waals surface area contributed by atoms with Gasteiger partial charge in [0.05, 0.1) is 10.7 Å². The van der Waals surface area contributed by atoms with Gasteiger partial charge >= 0.3 is 0 Å². The number of hydrogen-bond acceptors (Lipinski definition) is 3. The molecule has 3 nitrogen and oxygen atoms in total. The number of anilines is 1. The summed E-state index contributed by atoms with van der Waals surface area (Å²) >= 11 is 6.27. The molecule has 0 aliphatic heterocycles. The summed E-state index contributed by atoms with van der Waals surface area (Å²) in [7, 11) is 0. The number of nitrogens with zero attached hydrogens (tertiary/aromatic N) is 2. The van der Waals surface area contributed by atoms with Crippen LogP contribution in [0.4, 0.5) is 5.82 Å². The summed E-state index contributed by atoms with van der Waals surface area (Å²) in [6, 6.07) is 3.91. The summed E-state index contributed by atoms with van der Waals surface area (Å²) < 4.78 is 0. The molecule has 106 valence electrons. The molecule has 2 rings (SSSR count). The van der Waals surface area contributed by atoms with E-state index < -0.39 is 0 Å². The van der Waals surface area contributed by atoms with Crippen LogP contribution in [-0.4, -0.2) is 29.5 Å². The Morgan fingerprint density at radius 3 is 2.79 bits per heavy atom. The lowest BCUT2D eigenvalue weighted by molar-refractivity contribution is 0.265. The molecule has 0 radical (unpaired) electrons. The SMILES string of the molecule is CCCNc1ccc(Cl)c(CN(CC)CC2CC2)n1. The van der Waals surface area contributed by atoms with Crippen LogP contribution in [0, 0.1) is 5.92 Å². The van der Waals surface area contributed by atoms with Crippen LogP contribution in [0.1, 0.15) is 38.8 Å². The maximum absolute atomic E-state index is 6.27. The van der Waals surface area contributed by atoms with Gasteiger partial charge in [-0.05, 0) is 43.9 Å². The highest BCUT2D eigenvalue weighted by Gasteiger charge is 2.24. The Hall–Kier alpha value is -0.800. The predicted molar refractivity (Wildman–Crippen MR) is 81.7 cm³/mol. The fourth-order valence-electron chi connectivity index (χ4n) is 2.13. The number of nitrogens with one attached hydrogen (secondary N) is 1. The van der Waals surface area contributed by atoms with Crippen molar-refractivity contribution in [2.45, 2.75) is 39.7 Å². The van der Waals surface area contributed by atoms with Crippen molar-refractivity contribution in [2.24, 2.45) is 5.92 Å². The van der Waals surface area contributed by atoms with Gasteiger partial charge in [-0.15, -0.1) is 0 Å². The minimum absolute atomic E-state index is 0.774. The highest BCUT2D eigenvalue weighted by Crippen LogP contribution is 2.30. The van der Waals surface area contributed by atoms with Crippen LogP contribution in [0.5, 0.6) is 0 Å². The van der Waals surface area contributed by atoms with Crippen molar-refractivity contribution >= 4 is 17.4 Å². The van der Waals surface area contributed by atoms with Crippen molar-refractivity contribution in [3.05, 3.63) is 22.8 Å². The average molecular weight is 282 g/mol. The summed E-state index contributed by atoms with van der Waals surface area (Å²) in [5.41, 5.74) is 0.991. The molecule has 0 unspecified atom stereocenters. The molecule has 1 N–H and O–H groups in total. The number of hydrogen-bond donors (Lipinski definition) is 1. The molecule has 1 fully saturated rings. The molecule has 1 saturated carbocycles. The van der Waals surface area contributed by atoms with Gasteiger partial charge in [-0.2, -0.15) is 0 Å². The third-order valence-electron chi connectivity index (χ3n) is 3.51. The average Bonchev–Trinajstić information content (AvgIpc) is 3.22. The quantitative estimate of drug-likeness (QED) is 0.786. The van der Waals surface area contributed by atoms with E-state index in [4.69, 9.17) is 11.6 Å². The van der Waals surface area contributed by atoms with Crippen LogP contribution < -0.4 is 5.32 Å². The molecule has 0 bridgehead atoms. The maximum Gasteiger partial charge on any atom is 0.126 e. The van der Waals surface area contributed by atoms with Crippen molar-refractivity contribution in [2.75, 3.05) is 25.0 Å². The van der Waals surface area contributed by atoms with E-state index in [-0.39, 0.29) is 0 Å². The number of aromatic nitrogens is 1. The van der Waals surface area contributed by atoms with Crippen LogP contribution in [0.2, 0.25) is 5.02 Å². The van der Waals surface area contributed by atoms with Crippen molar-refractivity contribution in [1.29, 1.82) is 0 Å². The second-order valence-corrected chi connectivity index (χ2v) is 5.73. The molecule has 4 heteroatoms. The molecule has 0 atom stereocenters. The molecule has 0 aromatic carbocycles. The van der Waals surface area contributed by atoms with E-state index in [1.54, 1.807) is 0 Å². The monoisotopic (exact) mass is 281 g/mol. The molecule has 0 spiro atoms. The highest BCUT2D eigenvalue weighted by atomic mass is 35.5. The van der Waals surface area contributed by atoms with Gasteiger partial charge in [0, 0.05) is 19.6 Å². The highest BCUT2D eigenvalue weighted by molar-refractivity contribution is 6.31. The third kappa shape index (κ3) is 4.66. The second kappa shape index (κ2) is 7.11. The van der Waals surface area contributed by atoms with Gasteiger partial charge in [0.25, 0.3) is 0 Å². The minimum Gasteiger partial charge on any atom is -0.370 e. The number of rotatable bonds is 8. The Kier molecular flexibility index (Phi) is 5.46. The van der Waals surface area contributed by atoms with Gasteiger partial charge < -0.3 is 5.32 Å². The first-order chi connectivity index (χ1) is 9.22.